The number of carbonyl (C=O) groups is 3. The Labute approximate surface area is 321 Å². The van der Waals surface area contributed by atoms with Crippen molar-refractivity contribution in [1.82, 2.24) is 25.1 Å². The maximum absolute atomic E-state index is 14.8. The molecule has 1 saturated heterocycles. The zero-order valence-electron chi connectivity index (χ0n) is 32.0. The molecular weight excluding hydrogens is 699 g/mol. The average Bonchev–Trinajstić information content (AvgIpc) is 3.74. The molecule has 7 rings (SSSR count). The van der Waals surface area contributed by atoms with Gasteiger partial charge in [0.2, 0.25) is 11.8 Å². The van der Waals surface area contributed by atoms with E-state index in [2.05, 4.69) is 11.4 Å². The minimum Gasteiger partial charge on any atom is -0.497 e. The molecule has 3 amide bonds. The van der Waals surface area contributed by atoms with Crippen molar-refractivity contribution in [3.05, 3.63) is 90.0 Å². The van der Waals surface area contributed by atoms with E-state index in [-0.39, 0.29) is 31.5 Å². The molecule has 1 aromatic heterocycles. The van der Waals surface area contributed by atoms with Gasteiger partial charge in [0.05, 0.1) is 38.3 Å². The van der Waals surface area contributed by atoms with Crippen LogP contribution >= 0.6 is 0 Å². The van der Waals surface area contributed by atoms with Crippen LogP contribution in [0.5, 0.6) is 17.4 Å². The molecule has 4 atom stereocenters. The molecule has 1 N–H and O–H groups in total. The van der Waals surface area contributed by atoms with Crippen LogP contribution in [-0.2, 0) is 20.9 Å². The number of nitrogens with one attached hydrogen (secondary N) is 1. The van der Waals surface area contributed by atoms with E-state index in [9.17, 15) is 14.4 Å². The van der Waals surface area contributed by atoms with E-state index in [4.69, 9.17) is 28.9 Å². The van der Waals surface area contributed by atoms with Crippen molar-refractivity contribution >= 4 is 28.8 Å². The number of carbonyl (C=O) groups excluding carboxylic acids is 3. The van der Waals surface area contributed by atoms with Gasteiger partial charge in [-0.1, -0.05) is 61.0 Å². The summed E-state index contributed by atoms with van der Waals surface area (Å²) in [6.45, 7) is 4.89. The molecule has 12 heteroatoms. The smallest absolute Gasteiger partial charge is 0.332 e. The first-order chi connectivity index (χ1) is 26.7. The van der Waals surface area contributed by atoms with Gasteiger partial charge in [-0.25, -0.2) is 14.6 Å². The first-order valence-corrected chi connectivity index (χ1v) is 19.2. The summed E-state index contributed by atoms with van der Waals surface area (Å²) in [5.41, 5.74) is 2.10. The molecule has 1 saturated carbocycles. The van der Waals surface area contributed by atoms with Crippen LogP contribution in [0.1, 0.15) is 56.6 Å². The molecule has 288 valence electrons. The molecule has 0 unspecified atom stereocenters. The molecule has 1 aliphatic carbocycles. The van der Waals surface area contributed by atoms with E-state index in [0.717, 1.165) is 48.1 Å². The van der Waals surface area contributed by atoms with Gasteiger partial charge in [-0.05, 0) is 69.4 Å². The Bertz CT molecular complexity index is 2060. The lowest BCUT2D eigenvalue weighted by molar-refractivity contribution is -0.149. The highest BCUT2D eigenvalue weighted by molar-refractivity contribution is 5.95. The van der Waals surface area contributed by atoms with Crippen LogP contribution in [0.25, 0.3) is 22.3 Å². The van der Waals surface area contributed by atoms with Crippen LogP contribution in [-0.4, -0.2) is 89.3 Å². The third-order valence-corrected chi connectivity index (χ3v) is 10.8. The molecular formula is C43H49N5O7. The van der Waals surface area contributed by atoms with Crippen molar-refractivity contribution in [1.29, 1.82) is 0 Å². The summed E-state index contributed by atoms with van der Waals surface area (Å²) in [4.78, 5) is 55.9. The number of nitrogens with zero attached hydrogens (tertiary/aromatic N) is 4. The quantitative estimate of drug-likeness (QED) is 0.148. The molecule has 0 radical (unpaired) electrons. The highest BCUT2D eigenvalue weighted by atomic mass is 16.5. The number of hydrogen-bond donors (Lipinski definition) is 1. The third-order valence-electron chi connectivity index (χ3n) is 10.8. The molecule has 12 nitrogen and oxygen atoms in total. The zero-order chi connectivity index (χ0) is 38.5. The second kappa shape index (κ2) is 16.4. The summed E-state index contributed by atoms with van der Waals surface area (Å²) in [7, 11) is 3.24. The van der Waals surface area contributed by atoms with Crippen molar-refractivity contribution in [2.45, 2.75) is 76.6 Å². The normalized spacial score (nSPS) is 22.9. The van der Waals surface area contributed by atoms with Gasteiger partial charge >= 0.3 is 12.0 Å². The summed E-state index contributed by atoms with van der Waals surface area (Å²) < 4.78 is 23.2. The number of urea groups is 1. The first kappa shape index (κ1) is 37.7. The van der Waals surface area contributed by atoms with Crippen LogP contribution in [0.15, 0.2) is 78.9 Å². The lowest BCUT2D eigenvalue weighted by Gasteiger charge is -2.32. The van der Waals surface area contributed by atoms with Crippen molar-refractivity contribution in [2.24, 2.45) is 5.92 Å². The maximum Gasteiger partial charge on any atom is 0.332 e. The summed E-state index contributed by atoms with van der Waals surface area (Å²) in [6.07, 6.45) is 7.66. The Morgan fingerprint density at radius 3 is 2.51 bits per heavy atom. The lowest BCUT2D eigenvalue weighted by atomic mass is 10.1. The van der Waals surface area contributed by atoms with E-state index in [1.165, 1.54) is 0 Å². The number of amides is 3. The van der Waals surface area contributed by atoms with Crippen LogP contribution in [0, 0.1) is 12.8 Å². The number of fused-ring (bicyclic) bond motifs is 3. The van der Waals surface area contributed by atoms with Gasteiger partial charge in [-0.15, -0.1) is 0 Å². The Kier molecular flexibility index (Phi) is 11.2. The van der Waals surface area contributed by atoms with Gasteiger partial charge in [0.15, 0.2) is 5.82 Å². The van der Waals surface area contributed by atoms with Gasteiger partial charge in [0, 0.05) is 36.6 Å². The van der Waals surface area contributed by atoms with Crippen molar-refractivity contribution in [2.75, 3.05) is 33.9 Å². The van der Waals surface area contributed by atoms with Gasteiger partial charge < -0.3 is 34.1 Å². The minimum atomic E-state index is -1.18. The number of hydrogen-bond acceptors (Lipinski definition) is 9. The molecule has 2 aliphatic heterocycles. The van der Waals surface area contributed by atoms with Crippen LogP contribution < -0.4 is 19.5 Å². The SMILES string of the molecule is CCOC(=O)[C@@]12C[C@H]1C=CCCCCCN(Cc1ccc(OC)cc1)C(=O)N1C[C@H](Oc3nc(-c4ccccc4)nc4c(C)c(OC)ccc34)C[C@H]1C(=O)N2. The molecule has 4 aromatic rings. The zero-order valence-corrected chi connectivity index (χ0v) is 32.0. The Hall–Kier alpha value is -5.65. The van der Waals surface area contributed by atoms with Crippen LogP contribution in [0.3, 0.4) is 0 Å². The Morgan fingerprint density at radius 1 is 0.964 bits per heavy atom. The largest absolute Gasteiger partial charge is 0.497 e. The van der Waals surface area contributed by atoms with E-state index < -0.39 is 29.6 Å². The van der Waals surface area contributed by atoms with Gasteiger partial charge in [-0.3, -0.25) is 4.79 Å². The van der Waals surface area contributed by atoms with E-state index in [1.807, 2.05) is 84.6 Å². The Morgan fingerprint density at radius 2 is 1.76 bits per heavy atom. The van der Waals surface area contributed by atoms with Crippen molar-refractivity contribution < 1.29 is 33.3 Å². The topological polar surface area (TPSA) is 132 Å². The monoisotopic (exact) mass is 747 g/mol. The van der Waals surface area contributed by atoms with E-state index in [0.29, 0.717) is 47.9 Å². The van der Waals surface area contributed by atoms with E-state index in [1.54, 1.807) is 26.0 Å². The molecule has 2 fully saturated rings. The molecule has 0 bridgehead atoms. The van der Waals surface area contributed by atoms with Gasteiger partial charge in [-0.2, -0.15) is 4.98 Å². The molecule has 0 spiro atoms. The highest BCUT2D eigenvalue weighted by Crippen LogP contribution is 2.46. The summed E-state index contributed by atoms with van der Waals surface area (Å²) in [5.74, 6) is 1.18. The highest BCUT2D eigenvalue weighted by Gasteiger charge is 2.62. The van der Waals surface area contributed by atoms with Crippen LogP contribution in [0.2, 0.25) is 0 Å². The second-order valence-corrected chi connectivity index (χ2v) is 14.5. The summed E-state index contributed by atoms with van der Waals surface area (Å²) in [6, 6.07) is 19.9. The number of aryl methyl sites for hydroxylation is 1. The molecule has 3 heterocycles. The maximum atomic E-state index is 14.8. The van der Waals surface area contributed by atoms with E-state index >= 15 is 0 Å². The number of ether oxygens (including phenoxy) is 4. The number of rotatable bonds is 9. The number of esters is 1. The first-order valence-electron chi connectivity index (χ1n) is 19.2. The fourth-order valence-corrected chi connectivity index (χ4v) is 7.70. The van der Waals surface area contributed by atoms with Gasteiger partial charge in [0.25, 0.3) is 0 Å². The fraction of sp³-hybridized carbons (Fsp3) is 0.419. The lowest BCUT2D eigenvalue weighted by Crippen LogP contribution is -2.55. The molecule has 3 aromatic carbocycles. The standard InChI is InChI=1S/C43H49N5O7/c1-5-54-41(50)43-25-31(43)16-12-7-6-8-13-23-47(26-29-17-19-32(52-3)20-18-29)42(51)48-27-33(24-35(48)39(49)46-43)55-40-34-21-22-36(53-4)28(2)37(34)44-38(45-40)30-14-10-9-11-15-30/h9-12,14-22,31,33,35H,5-8,13,23-27H2,1-4H3,(H,46,49)/t31-,33-,35+,43-/m1/s1. The summed E-state index contributed by atoms with van der Waals surface area (Å²) in [5, 5.41) is 3.76. The Balaban J connectivity index is 1.25. The average molecular weight is 748 g/mol. The number of benzene rings is 3. The van der Waals surface area contributed by atoms with Crippen molar-refractivity contribution in [3.63, 3.8) is 0 Å². The predicted molar refractivity (Wildman–Crippen MR) is 208 cm³/mol. The minimum absolute atomic E-state index is 0.132. The summed E-state index contributed by atoms with van der Waals surface area (Å²) >= 11 is 0. The fourth-order valence-electron chi connectivity index (χ4n) is 7.70. The van der Waals surface area contributed by atoms with Crippen LogP contribution in [0.4, 0.5) is 4.79 Å². The van der Waals surface area contributed by atoms with Gasteiger partial charge in [0.1, 0.15) is 29.2 Å². The molecule has 55 heavy (non-hydrogen) atoms. The van der Waals surface area contributed by atoms with Crippen molar-refractivity contribution in [3.8, 4) is 28.8 Å². The predicted octanol–water partition coefficient (Wildman–Crippen LogP) is 6.63. The number of aromatic nitrogens is 2. The second-order valence-electron chi connectivity index (χ2n) is 14.5. The number of methoxy groups -OCH3 is 2. The molecule has 3 aliphatic rings. The third kappa shape index (κ3) is 7.94. The number of allylic oxidation sites excluding steroid dienone is 1.